The molecule has 2 N–H and O–H groups in total. The van der Waals surface area contributed by atoms with Crippen LogP contribution < -0.4 is 5.73 Å². The first kappa shape index (κ1) is 12.2. The van der Waals surface area contributed by atoms with Crippen LogP contribution in [0.3, 0.4) is 0 Å². The molecule has 4 heteroatoms. The number of likely N-dealkylation sites (tertiary alicyclic amines) is 1. The summed E-state index contributed by atoms with van der Waals surface area (Å²) in [6, 6.07) is 4.53. The quantitative estimate of drug-likeness (QED) is 0.912. The van der Waals surface area contributed by atoms with Gasteiger partial charge >= 0.3 is 0 Å². The molecular weight excluding hydrogens is 244 g/mol. The molecular formula is C14H20N2OS. The van der Waals surface area contributed by atoms with E-state index in [0.29, 0.717) is 18.5 Å². The van der Waals surface area contributed by atoms with Crippen molar-refractivity contribution in [3.63, 3.8) is 0 Å². The van der Waals surface area contributed by atoms with E-state index in [1.54, 1.807) is 11.3 Å². The second-order valence-electron chi connectivity index (χ2n) is 5.51. The van der Waals surface area contributed by atoms with Crippen LogP contribution >= 0.6 is 11.3 Å². The third-order valence-electron chi connectivity index (χ3n) is 4.54. The summed E-state index contributed by atoms with van der Waals surface area (Å²) in [7, 11) is 0. The molecule has 18 heavy (non-hydrogen) atoms. The second kappa shape index (κ2) is 4.67. The Hall–Kier alpha value is -0.870. The Balaban J connectivity index is 1.81. The molecule has 1 aliphatic heterocycles. The van der Waals surface area contributed by atoms with E-state index < -0.39 is 0 Å². The van der Waals surface area contributed by atoms with E-state index in [4.69, 9.17) is 5.73 Å². The number of nitrogens with zero attached hydrogens (tertiary/aromatic N) is 1. The van der Waals surface area contributed by atoms with Crippen molar-refractivity contribution < 1.29 is 4.79 Å². The lowest BCUT2D eigenvalue weighted by molar-refractivity contribution is -0.147. The standard InChI is InChI=1S/C14H20N2OS/c15-10-14(6-3-7-14)13(17)16-8-1-4-11(16)12-5-2-9-18-12/h2,5,9,11H,1,3-4,6-8,10,15H2. The molecule has 1 saturated carbocycles. The number of nitrogens with two attached hydrogens (primary N) is 1. The zero-order valence-corrected chi connectivity index (χ0v) is 11.4. The zero-order chi connectivity index (χ0) is 12.6. The van der Waals surface area contributed by atoms with Gasteiger partial charge in [0.05, 0.1) is 11.5 Å². The highest BCUT2D eigenvalue weighted by Gasteiger charge is 2.47. The molecule has 1 unspecified atom stereocenters. The number of carbonyl (C=O) groups is 1. The Labute approximate surface area is 112 Å². The number of rotatable bonds is 3. The van der Waals surface area contributed by atoms with Gasteiger partial charge in [-0.2, -0.15) is 0 Å². The van der Waals surface area contributed by atoms with E-state index in [9.17, 15) is 4.79 Å². The number of hydrogen-bond donors (Lipinski definition) is 1. The number of hydrogen-bond acceptors (Lipinski definition) is 3. The first-order valence-electron chi connectivity index (χ1n) is 6.81. The number of thiophene rings is 1. The summed E-state index contributed by atoms with van der Waals surface area (Å²) >= 11 is 1.76. The number of carbonyl (C=O) groups excluding carboxylic acids is 1. The minimum atomic E-state index is -0.222. The second-order valence-corrected chi connectivity index (χ2v) is 6.49. The first-order chi connectivity index (χ1) is 8.77. The molecule has 1 saturated heterocycles. The van der Waals surface area contributed by atoms with Gasteiger partial charge in [-0.15, -0.1) is 11.3 Å². The highest BCUT2D eigenvalue weighted by Crippen LogP contribution is 2.45. The van der Waals surface area contributed by atoms with Gasteiger partial charge in [0.25, 0.3) is 0 Å². The molecule has 1 atom stereocenters. The molecule has 2 aliphatic rings. The Morgan fingerprint density at radius 1 is 1.50 bits per heavy atom. The lowest BCUT2D eigenvalue weighted by Crippen LogP contribution is -2.51. The number of amides is 1. The maximum atomic E-state index is 12.7. The maximum absolute atomic E-state index is 12.7. The van der Waals surface area contributed by atoms with Gasteiger partial charge in [0.2, 0.25) is 5.91 Å². The highest BCUT2D eigenvalue weighted by molar-refractivity contribution is 7.10. The van der Waals surface area contributed by atoms with Crippen molar-refractivity contribution >= 4 is 17.2 Å². The summed E-state index contributed by atoms with van der Waals surface area (Å²) in [5.41, 5.74) is 5.63. The largest absolute Gasteiger partial charge is 0.334 e. The molecule has 0 radical (unpaired) electrons. The van der Waals surface area contributed by atoms with Crippen molar-refractivity contribution in [1.82, 2.24) is 4.90 Å². The molecule has 1 aromatic heterocycles. The van der Waals surface area contributed by atoms with E-state index in [-0.39, 0.29) is 5.41 Å². The Morgan fingerprint density at radius 2 is 2.33 bits per heavy atom. The fraction of sp³-hybridized carbons (Fsp3) is 0.643. The molecule has 1 amide bonds. The minimum Gasteiger partial charge on any atom is -0.334 e. The predicted octanol–water partition coefficient (Wildman–Crippen LogP) is 2.54. The van der Waals surface area contributed by atoms with Gasteiger partial charge in [-0.05, 0) is 37.1 Å². The lowest BCUT2D eigenvalue weighted by Gasteiger charge is -2.43. The molecule has 2 fully saturated rings. The minimum absolute atomic E-state index is 0.222. The van der Waals surface area contributed by atoms with E-state index in [2.05, 4.69) is 22.4 Å². The lowest BCUT2D eigenvalue weighted by atomic mass is 9.67. The molecule has 1 aliphatic carbocycles. The molecule has 3 nitrogen and oxygen atoms in total. The van der Waals surface area contributed by atoms with Crippen molar-refractivity contribution in [2.75, 3.05) is 13.1 Å². The summed E-state index contributed by atoms with van der Waals surface area (Å²) in [5, 5.41) is 2.10. The molecule has 0 spiro atoms. The van der Waals surface area contributed by atoms with Gasteiger partial charge < -0.3 is 10.6 Å². The van der Waals surface area contributed by atoms with Crippen LogP contribution in [-0.4, -0.2) is 23.9 Å². The predicted molar refractivity (Wildman–Crippen MR) is 73.3 cm³/mol. The Kier molecular flexibility index (Phi) is 3.16. The van der Waals surface area contributed by atoms with Crippen molar-refractivity contribution in [2.24, 2.45) is 11.1 Å². The van der Waals surface area contributed by atoms with Gasteiger partial charge in [0.15, 0.2) is 0 Å². The summed E-state index contributed by atoms with van der Waals surface area (Å²) in [4.78, 5) is 16.2. The van der Waals surface area contributed by atoms with Crippen LogP contribution in [0.15, 0.2) is 17.5 Å². The van der Waals surface area contributed by atoms with E-state index in [0.717, 1.165) is 38.6 Å². The first-order valence-corrected chi connectivity index (χ1v) is 7.69. The van der Waals surface area contributed by atoms with Crippen molar-refractivity contribution in [3.8, 4) is 0 Å². The van der Waals surface area contributed by atoms with Crippen molar-refractivity contribution in [2.45, 2.75) is 38.1 Å². The van der Waals surface area contributed by atoms with E-state index in [1.807, 2.05) is 0 Å². The Bertz CT molecular complexity index is 420. The molecule has 2 heterocycles. The van der Waals surface area contributed by atoms with Crippen LogP contribution in [0.2, 0.25) is 0 Å². The normalized spacial score (nSPS) is 26.1. The van der Waals surface area contributed by atoms with Gasteiger partial charge in [0.1, 0.15) is 0 Å². The SMILES string of the molecule is NCC1(C(=O)N2CCCC2c2cccs2)CCC1. The summed E-state index contributed by atoms with van der Waals surface area (Å²) in [6.45, 7) is 1.42. The smallest absolute Gasteiger partial charge is 0.230 e. The topological polar surface area (TPSA) is 46.3 Å². The van der Waals surface area contributed by atoms with Gasteiger partial charge in [0, 0.05) is 18.0 Å². The maximum Gasteiger partial charge on any atom is 0.230 e. The van der Waals surface area contributed by atoms with Gasteiger partial charge in [-0.1, -0.05) is 12.5 Å². The molecule has 1 aromatic rings. The molecule has 0 bridgehead atoms. The summed E-state index contributed by atoms with van der Waals surface area (Å²) < 4.78 is 0. The van der Waals surface area contributed by atoms with Gasteiger partial charge in [-0.25, -0.2) is 0 Å². The van der Waals surface area contributed by atoms with Crippen molar-refractivity contribution in [1.29, 1.82) is 0 Å². The van der Waals surface area contributed by atoms with Crippen LogP contribution in [0, 0.1) is 5.41 Å². The van der Waals surface area contributed by atoms with E-state index in [1.165, 1.54) is 4.88 Å². The van der Waals surface area contributed by atoms with Gasteiger partial charge in [-0.3, -0.25) is 4.79 Å². The average Bonchev–Trinajstić information content (AvgIpc) is 2.99. The molecule has 98 valence electrons. The van der Waals surface area contributed by atoms with Crippen LogP contribution in [0.25, 0.3) is 0 Å². The monoisotopic (exact) mass is 264 g/mol. The van der Waals surface area contributed by atoms with Crippen molar-refractivity contribution in [3.05, 3.63) is 22.4 Å². The molecule has 3 rings (SSSR count). The fourth-order valence-electron chi connectivity index (χ4n) is 3.20. The van der Waals surface area contributed by atoms with Crippen LogP contribution in [-0.2, 0) is 4.79 Å². The third-order valence-corrected chi connectivity index (χ3v) is 5.51. The van der Waals surface area contributed by atoms with Crippen LogP contribution in [0.1, 0.15) is 43.0 Å². The summed E-state index contributed by atoms with van der Waals surface area (Å²) in [5.74, 6) is 0.312. The van der Waals surface area contributed by atoms with Crippen LogP contribution in [0.5, 0.6) is 0 Å². The molecule has 0 aromatic carbocycles. The summed E-state index contributed by atoms with van der Waals surface area (Å²) in [6.07, 6.45) is 5.34. The highest BCUT2D eigenvalue weighted by atomic mass is 32.1. The fourth-order valence-corrected chi connectivity index (χ4v) is 4.07. The van der Waals surface area contributed by atoms with Crippen LogP contribution in [0.4, 0.5) is 0 Å². The Morgan fingerprint density at radius 3 is 2.89 bits per heavy atom. The third kappa shape index (κ3) is 1.79. The zero-order valence-electron chi connectivity index (χ0n) is 10.6. The average molecular weight is 264 g/mol. The van der Waals surface area contributed by atoms with E-state index >= 15 is 0 Å².